The Morgan fingerprint density at radius 2 is 1.76 bits per heavy atom. The Hall–Kier alpha value is -1.63. The molecule has 2 saturated heterocycles. The predicted molar refractivity (Wildman–Crippen MR) is 82.9 cm³/mol. The molecular formula is C14H24N6O. The van der Waals surface area contributed by atoms with E-state index in [-0.39, 0.29) is 12.6 Å². The van der Waals surface area contributed by atoms with Crippen molar-refractivity contribution in [2.24, 2.45) is 0 Å². The number of nitrogens with zero attached hydrogens (tertiary/aromatic N) is 5. The molecule has 7 heteroatoms. The number of rotatable bonds is 4. The molecule has 0 bridgehead atoms. The van der Waals surface area contributed by atoms with Crippen LogP contribution in [0.25, 0.3) is 0 Å². The van der Waals surface area contributed by atoms with Gasteiger partial charge in [-0.1, -0.05) is 0 Å². The van der Waals surface area contributed by atoms with Gasteiger partial charge in [0.1, 0.15) is 0 Å². The maximum Gasteiger partial charge on any atom is 0.232 e. The Balaban J connectivity index is 1.90. The second-order valence-corrected chi connectivity index (χ2v) is 5.73. The van der Waals surface area contributed by atoms with E-state index >= 15 is 0 Å². The Morgan fingerprint density at radius 1 is 1.05 bits per heavy atom. The summed E-state index contributed by atoms with van der Waals surface area (Å²) in [6, 6.07) is 0.122. The van der Waals surface area contributed by atoms with Gasteiger partial charge in [-0.2, -0.15) is 15.0 Å². The maximum atomic E-state index is 9.59. The van der Waals surface area contributed by atoms with Crippen LogP contribution in [0.4, 0.5) is 17.8 Å². The number of aromatic nitrogens is 3. The molecule has 2 aliphatic rings. The fraction of sp³-hybridized carbons (Fsp3) is 0.786. The van der Waals surface area contributed by atoms with Gasteiger partial charge in [0.25, 0.3) is 0 Å². The molecule has 0 saturated carbocycles. The molecule has 2 aliphatic heterocycles. The van der Waals surface area contributed by atoms with Crippen LogP contribution in [0.5, 0.6) is 0 Å². The summed E-state index contributed by atoms with van der Waals surface area (Å²) in [5.41, 5.74) is 0. The summed E-state index contributed by atoms with van der Waals surface area (Å²) < 4.78 is 0. The molecular weight excluding hydrogens is 268 g/mol. The Bertz CT molecular complexity index is 477. The van der Waals surface area contributed by atoms with Crippen LogP contribution in [0.2, 0.25) is 0 Å². The van der Waals surface area contributed by atoms with Crippen LogP contribution < -0.4 is 15.1 Å². The Kier molecular flexibility index (Phi) is 4.38. The normalized spacial score (nSPS) is 22.7. The minimum absolute atomic E-state index is 0.122. The summed E-state index contributed by atoms with van der Waals surface area (Å²) >= 11 is 0. The zero-order valence-corrected chi connectivity index (χ0v) is 12.6. The molecule has 7 nitrogen and oxygen atoms in total. The zero-order valence-electron chi connectivity index (χ0n) is 12.6. The van der Waals surface area contributed by atoms with Crippen LogP contribution in [-0.4, -0.2) is 59.4 Å². The quantitative estimate of drug-likeness (QED) is 0.852. The molecule has 21 heavy (non-hydrogen) atoms. The van der Waals surface area contributed by atoms with Gasteiger partial charge in [-0.3, -0.25) is 0 Å². The summed E-state index contributed by atoms with van der Waals surface area (Å²) in [6.45, 7) is 3.07. The monoisotopic (exact) mass is 292 g/mol. The van der Waals surface area contributed by atoms with E-state index in [1.807, 2.05) is 7.05 Å². The average Bonchev–Trinajstić information content (AvgIpc) is 3.09. The highest BCUT2D eigenvalue weighted by molar-refractivity contribution is 5.46. The van der Waals surface area contributed by atoms with E-state index in [0.717, 1.165) is 44.8 Å². The van der Waals surface area contributed by atoms with Crippen molar-refractivity contribution in [3.63, 3.8) is 0 Å². The molecule has 1 aromatic rings. The van der Waals surface area contributed by atoms with E-state index in [1.165, 1.54) is 12.8 Å². The first-order valence-corrected chi connectivity index (χ1v) is 7.88. The second kappa shape index (κ2) is 6.43. The van der Waals surface area contributed by atoms with Crippen molar-refractivity contribution in [3.05, 3.63) is 0 Å². The lowest BCUT2D eigenvalue weighted by atomic mass is 10.0. The van der Waals surface area contributed by atoms with Crippen molar-refractivity contribution in [3.8, 4) is 0 Å². The summed E-state index contributed by atoms with van der Waals surface area (Å²) in [6.07, 6.45) is 5.66. The van der Waals surface area contributed by atoms with Crippen molar-refractivity contribution in [2.75, 3.05) is 48.4 Å². The minimum Gasteiger partial charge on any atom is -0.394 e. The third kappa shape index (κ3) is 3.02. The SMILES string of the molecule is CNc1nc(N2CCCC2)nc(N2CCCCC2CO)n1. The highest BCUT2D eigenvalue weighted by atomic mass is 16.3. The standard InChI is InChI=1S/C14H24N6O/c1-15-12-16-13(19-7-4-5-8-19)18-14(17-12)20-9-3-2-6-11(20)10-21/h11,21H,2-10H2,1H3,(H,15,16,17,18). The molecule has 0 radical (unpaired) electrons. The van der Waals surface area contributed by atoms with Gasteiger partial charge in [-0.25, -0.2) is 0 Å². The van der Waals surface area contributed by atoms with Gasteiger partial charge >= 0.3 is 0 Å². The number of aliphatic hydroxyl groups excluding tert-OH is 1. The Morgan fingerprint density at radius 3 is 2.48 bits per heavy atom. The zero-order chi connectivity index (χ0) is 14.7. The number of hydrogen-bond acceptors (Lipinski definition) is 7. The van der Waals surface area contributed by atoms with Gasteiger partial charge in [-0.15, -0.1) is 0 Å². The lowest BCUT2D eigenvalue weighted by Gasteiger charge is -2.35. The molecule has 1 atom stereocenters. The van der Waals surface area contributed by atoms with Gasteiger partial charge < -0.3 is 20.2 Å². The van der Waals surface area contributed by atoms with Crippen LogP contribution in [-0.2, 0) is 0 Å². The van der Waals surface area contributed by atoms with Gasteiger partial charge in [0.15, 0.2) is 0 Å². The minimum atomic E-state index is 0.122. The average molecular weight is 292 g/mol. The first kappa shape index (κ1) is 14.3. The van der Waals surface area contributed by atoms with E-state index < -0.39 is 0 Å². The number of anilines is 3. The predicted octanol–water partition coefficient (Wildman–Crippen LogP) is 0.865. The van der Waals surface area contributed by atoms with Crippen molar-refractivity contribution in [1.82, 2.24) is 15.0 Å². The lowest BCUT2D eigenvalue weighted by Crippen LogP contribution is -2.43. The fourth-order valence-electron chi connectivity index (χ4n) is 3.11. The molecule has 3 rings (SSSR count). The highest BCUT2D eigenvalue weighted by Crippen LogP contribution is 2.25. The molecule has 1 unspecified atom stereocenters. The smallest absolute Gasteiger partial charge is 0.232 e. The van der Waals surface area contributed by atoms with Crippen LogP contribution in [0.3, 0.4) is 0 Å². The summed E-state index contributed by atoms with van der Waals surface area (Å²) in [5.74, 6) is 2.04. The molecule has 0 aromatic carbocycles. The molecule has 2 N–H and O–H groups in total. The van der Waals surface area contributed by atoms with Gasteiger partial charge in [-0.05, 0) is 32.1 Å². The van der Waals surface area contributed by atoms with Crippen molar-refractivity contribution >= 4 is 17.8 Å². The first-order chi connectivity index (χ1) is 10.3. The fourth-order valence-corrected chi connectivity index (χ4v) is 3.11. The second-order valence-electron chi connectivity index (χ2n) is 5.73. The third-order valence-corrected chi connectivity index (χ3v) is 4.32. The number of hydrogen-bond donors (Lipinski definition) is 2. The highest BCUT2D eigenvalue weighted by Gasteiger charge is 2.26. The van der Waals surface area contributed by atoms with Crippen molar-refractivity contribution in [1.29, 1.82) is 0 Å². The van der Waals surface area contributed by atoms with Crippen LogP contribution in [0.1, 0.15) is 32.1 Å². The molecule has 1 aromatic heterocycles. The van der Waals surface area contributed by atoms with E-state index in [2.05, 4.69) is 30.1 Å². The van der Waals surface area contributed by atoms with E-state index in [0.29, 0.717) is 11.9 Å². The number of piperidine rings is 1. The van der Waals surface area contributed by atoms with E-state index in [1.54, 1.807) is 0 Å². The molecule has 2 fully saturated rings. The molecule has 0 spiro atoms. The third-order valence-electron chi connectivity index (χ3n) is 4.32. The molecule has 3 heterocycles. The summed E-state index contributed by atoms with van der Waals surface area (Å²) in [7, 11) is 1.83. The number of aliphatic hydroxyl groups is 1. The van der Waals surface area contributed by atoms with E-state index in [4.69, 9.17) is 0 Å². The van der Waals surface area contributed by atoms with Gasteiger partial charge in [0.05, 0.1) is 12.6 Å². The van der Waals surface area contributed by atoms with E-state index in [9.17, 15) is 5.11 Å². The summed E-state index contributed by atoms with van der Waals surface area (Å²) in [5, 5.41) is 12.6. The largest absolute Gasteiger partial charge is 0.394 e. The van der Waals surface area contributed by atoms with Crippen molar-refractivity contribution < 1.29 is 5.11 Å². The van der Waals surface area contributed by atoms with Crippen molar-refractivity contribution in [2.45, 2.75) is 38.1 Å². The van der Waals surface area contributed by atoms with Crippen LogP contribution in [0, 0.1) is 0 Å². The van der Waals surface area contributed by atoms with Gasteiger partial charge in [0.2, 0.25) is 17.8 Å². The summed E-state index contributed by atoms with van der Waals surface area (Å²) in [4.78, 5) is 18.0. The van der Waals surface area contributed by atoms with Gasteiger partial charge in [0, 0.05) is 26.7 Å². The number of nitrogens with one attached hydrogen (secondary N) is 1. The maximum absolute atomic E-state index is 9.59. The topological polar surface area (TPSA) is 77.4 Å². The van der Waals surface area contributed by atoms with Crippen LogP contribution >= 0.6 is 0 Å². The first-order valence-electron chi connectivity index (χ1n) is 7.88. The van der Waals surface area contributed by atoms with Crippen LogP contribution in [0.15, 0.2) is 0 Å². The molecule has 0 amide bonds. The Labute approximate surface area is 125 Å². The molecule has 116 valence electrons. The molecule has 0 aliphatic carbocycles. The lowest BCUT2D eigenvalue weighted by molar-refractivity contribution is 0.239.